The first-order valence-electron chi connectivity index (χ1n) is 5.61. The Morgan fingerprint density at radius 1 is 1.44 bits per heavy atom. The number of halogens is 2. The highest BCUT2D eigenvalue weighted by atomic mass is 127. The van der Waals surface area contributed by atoms with Crippen molar-refractivity contribution in [3.05, 3.63) is 35.6 Å². The molecular formula is C13H15FIN3. The Morgan fingerprint density at radius 3 is 3.06 bits per heavy atom. The van der Waals surface area contributed by atoms with E-state index in [4.69, 9.17) is 0 Å². The van der Waals surface area contributed by atoms with Crippen molar-refractivity contribution in [1.82, 2.24) is 10.6 Å². The molecule has 0 amide bonds. The summed E-state index contributed by atoms with van der Waals surface area (Å²) in [7, 11) is 0. The highest BCUT2D eigenvalue weighted by Gasteiger charge is 2.00. The summed E-state index contributed by atoms with van der Waals surface area (Å²) >= 11 is 0. The van der Waals surface area contributed by atoms with Crippen LogP contribution in [-0.4, -0.2) is 25.6 Å². The molecule has 0 spiro atoms. The second-order valence-corrected chi connectivity index (χ2v) is 3.68. The fourth-order valence-corrected chi connectivity index (χ4v) is 1.49. The van der Waals surface area contributed by atoms with Crippen LogP contribution in [-0.2, 0) is 0 Å². The topological polar surface area (TPSA) is 36.4 Å². The zero-order valence-corrected chi connectivity index (χ0v) is 12.2. The van der Waals surface area contributed by atoms with E-state index in [1.165, 1.54) is 12.1 Å². The van der Waals surface area contributed by atoms with E-state index in [9.17, 15) is 4.39 Å². The fourth-order valence-electron chi connectivity index (χ4n) is 1.49. The molecule has 0 fully saturated rings. The van der Waals surface area contributed by atoms with Crippen LogP contribution in [0, 0.1) is 17.7 Å². The van der Waals surface area contributed by atoms with Gasteiger partial charge in [-0.1, -0.05) is 17.9 Å². The third kappa shape index (κ3) is 4.92. The van der Waals surface area contributed by atoms with Gasteiger partial charge in [0.1, 0.15) is 5.82 Å². The van der Waals surface area contributed by atoms with Crippen LogP contribution < -0.4 is 10.6 Å². The molecule has 18 heavy (non-hydrogen) atoms. The average Bonchev–Trinajstić information content (AvgIpc) is 2.36. The van der Waals surface area contributed by atoms with Gasteiger partial charge in [-0.15, -0.1) is 24.0 Å². The monoisotopic (exact) mass is 359 g/mol. The van der Waals surface area contributed by atoms with Gasteiger partial charge in [0, 0.05) is 18.7 Å². The van der Waals surface area contributed by atoms with E-state index in [-0.39, 0.29) is 29.8 Å². The number of benzene rings is 1. The SMILES string of the molecule is Fc1cccc(C#CCNC2=NCCCN2)c1.I. The summed E-state index contributed by atoms with van der Waals surface area (Å²) in [4.78, 5) is 4.25. The van der Waals surface area contributed by atoms with Gasteiger partial charge < -0.3 is 10.6 Å². The lowest BCUT2D eigenvalue weighted by Crippen LogP contribution is -2.40. The highest BCUT2D eigenvalue weighted by molar-refractivity contribution is 14.0. The van der Waals surface area contributed by atoms with Crippen LogP contribution in [0.4, 0.5) is 4.39 Å². The maximum absolute atomic E-state index is 12.9. The molecule has 2 N–H and O–H groups in total. The van der Waals surface area contributed by atoms with Crippen molar-refractivity contribution < 1.29 is 4.39 Å². The Labute approximate surface area is 123 Å². The van der Waals surface area contributed by atoms with E-state index in [1.807, 2.05) is 0 Å². The van der Waals surface area contributed by atoms with E-state index in [1.54, 1.807) is 12.1 Å². The van der Waals surface area contributed by atoms with Gasteiger partial charge in [0.05, 0.1) is 6.54 Å². The summed E-state index contributed by atoms with van der Waals surface area (Å²) in [5.41, 5.74) is 0.686. The lowest BCUT2D eigenvalue weighted by Gasteiger charge is -2.14. The molecule has 96 valence electrons. The Morgan fingerprint density at radius 2 is 2.33 bits per heavy atom. The van der Waals surface area contributed by atoms with Crippen LogP contribution >= 0.6 is 24.0 Å². The molecule has 1 heterocycles. The molecule has 3 nitrogen and oxygen atoms in total. The molecule has 5 heteroatoms. The van der Waals surface area contributed by atoms with Gasteiger partial charge in [-0.25, -0.2) is 4.39 Å². The van der Waals surface area contributed by atoms with Gasteiger partial charge in [0.15, 0.2) is 5.96 Å². The molecule has 1 aromatic rings. The molecule has 0 saturated carbocycles. The third-order valence-electron chi connectivity index (χ3n) is 2.30. The summed E-state index contributed by atoms with van der Waals surface area (Å²) < 4.78 is 12.9. The van der Waals surface area contributed by atoms with Crippen molar-refractivity contribution in [2.75, 3.05) is 19.6 Å². The number of rotatable bonds is 1. The molecule has 0 bridgehead atoms. The van der Waals surface area contributed by atoms with Crippen LogP contribution in [0.15, 0.2) is 29.3 Å². The van der Waals surface area contributed by atoms with Gasteiger partial charge in [-0.05, 0) is 24.6 Å². The maximum Gasteiger partial charge on any atom is 0.192 e. The zero-order chi connectivity index (χ0) is 11.9. The first-order valence-corrected chi connectivity index (χ1v) is 5.61. The van der Waals surface area contributed by atoms with Crippen molar-refractivity contribution in [3.8, 4) is 11.8 Å². The minimum absolute atomic E-state index is 0. The number of guanidine groups is 1. The first-order chi connectivity index (χ1) is 8.34. The number of nitrogens with zero attached hydrogens (tertiary/aromatic N) is 1. The van der Waals surface area contributed by atoms with Crippen LogP contribution in [0.1, 0.15) is 12.0 Å². The summed E-state index contributed by atoms with van der Waals surface area (Å²) in [6.07, 6.45) is 1.07. The van der Waals surface area contributed by atoms with Gasteiger partial charge in [-0.2, -0.15) is 0 Å². The van der Waals surface area contributed by atoms with Gasteiger partial charge >= 0.3 is 0 Å². The number of hydrogen-bond acceptors (Lipinski definition) is 3. The van der Waals surface area contributed by atoms with Crippen molar-refractivity contribution in [3.63, 3.8) is 0 Å². The highest BCUT2D eigenvalue weighted by Crippen LogP contribution is 2.00. The molecule has 2 rings (SSSR count). The van der Waals surface area contributed by atoms with Crippen LogP contribution in [0.3, 0.4) is 0 Å². The van der Waals surface area contributed by atoms with E-state index < -0.39 is 0 Å². The Kier molecular flexibility index (Phi) is 6.50. The summed E-state index contributed by atoms with van der Waals surface area (Å²) in [6, 6.07) is 6.26. The molecule has 1 aliphatic rings. The molecule has 0 aliphatic carbocycles. The van der Waals surface area contributed by atoms with Crippen molar-refractivity contribution in [2.24, 2.45) is 4.99 Å². The van der Waals surface area contributed by atoms with Crippen molar-refractivity contribution >= 4 is 29.9 Å². The van der Waals surface area contributed by atoms with E-state index in [0.717, 1.165) is 25.5 Å². The number of nitrogens with one attached hydrogen (secondary N) is 2. The lowest BCUT2D eigenvalue weighted by atomic mass is 10.2. The smallest absolute Gasteiger partial charge is 0.192 e. The Hall–Kier alpha value is -1.29. The summed E-state index contributed by atoms with van der Waals surface area (Å²) in [6.45, 7) is 2.30. The van der Waals surface area contributed by atoms with Crippen LogP contribution in [0.2, 0.25) is 0 Å². The largest absolute Gasteiger partial charge is 0.356 e. The molecule has 1 aliphatic heterocycles. The quantitative estimate of drug-likeness (QED) is 0.592. The summed E-state index contributed by atoms with van der Waals surface area (Å²) in [5, 5.41) is 6.22. The first kappa shape index (κ1) is 14.8. The van der Waals surface area contributed by atoms with Crippen LogP contribution in [0.25, 0.3) is 0 Å². The normalized spacial score (nSPS) is 13.3. The van der Waals surface area contributed by atoms with Gasteiger partial charge in [0.25, 0.3) is 0 Å². The van der Waals surface area contributed by atoms with Crippen molar-refractivity contribution in [1.29, 1.82) is 0 Å². The molecule has 0 saturated heterocycles. The second kappa shape index (κ2) is 7.93. The van der Waals surface area contributed by atoms with Crippen molar-refractivity contribution in [2.45, 2.75) is 6.42 Å². The molecule has 1 aromatic carbocycles. The minimum Gasteiger partial charge on any atom is -0.356 e. The summed E-state index contributed by atoms with van der Waals surface area (Å²) in [5.74, 6) is 6.35. The Balaban J connectivity index is 0.00000162. The molecule has 0 aromatic heterocycles. The lowest BCUT2D eigenvalue weighted by molar-refractivity contribution is 0.627. The predicted octanol–water partition coefficient (Wildman–Crippen LogP) is 1.73. The van der Waals surface area contributed by atoms with E-state index in [2.05, 4.69) is 27.5 Å². The third-order valence-corrected chi connectivity index (χ3v) is 2.30. The maximum atomic E-state index is 12.9. The fraction of sp³-hybridized carbons (Fsp3) is 0.308. The average molecular weight is 359 g/mol. The molecular weight excluding hydrogens is 344 g/mol. The minimum atomic E-state index is -0.261. The molecule has 0 atom stereocenters. The van der Waals surface area contributed by atoms with E-state index >= 15 is 0 Å². The molecule has 0 radical (unpaired) electrons. The standard InChI is InChI=1S/C13H14FN3.HI/c14-12-6-1-4-11(10-12)5-2-7-15-13-16-8-3-9-17-13;/h1,4,6,10H,3,7-9H2,(H2,15,16,17);1H. The van der Waals surface area contributed by atoms with Crippen LogP contribution in [0.5, 0.6) is 0 Å². The van der Waals surface area contributed by atoms with Gasteiger partial charge in [0.2, 0.25) is 0 Å². The predicted molar refractivity (Wildman–Crippen MR) is 81.6 cm³/mol. The van der Waals surface area contributed by atoms with E-state index in [0.29, 0.717) is 12.1 Å². The second-order valence-electron chi connectivity index (χ2n) is 3.68. The number of hydrogen-bond donors (Lipinski definition) is 2. The molecule has 0 unspecified atom stereocenters. The number of aliphatic imine (C=N–C) groups is 1. The van der Waals surface area contributed by atoms with Gasteiger partial charge in [-0.3, -0.25) is 4.99 Å². The zero-order valence-electron chi connectivity index (χ0n) is 9.87. The Bertz CT molecular complexity index is 477.